The standard InChI is InChI=1S/C26H23ClN2O3/c1-16-7-13-21(14-8-16)31-15-24-18(3)32-26(29-24)20-11-9-19(10-12-20)25(30)28-23-6-4-5-22(27)17(23)2/h4-14H,15H2,1-3H3,(H,28,30). The second-order valence-electron chi connectivity index (χ2n) is 7.57. The third-order valence-electron chi connectivity index (χ3n) is 5.20. The first kappa shape index (κ1) is 21.7. The van der Waals surface area contributed by atoms with Gasteiger partial charge in [0.15, 0.2) is 0 Å². The summed E-state index contributed by atoms with van der Waals surface area (Å²) < 4.78 is 11.6. The number of aryl methyl sites for hydroxylation is 2. The minimum Gasteiger partial charge on any atom is -0.487 e. The number of nitrogens with zero attached hydrogens (tertiary/aromatic N) is 1. The van der Waals surface area contributed by atoms with E-state index in [1.165, 1.54) is 5.56 Å². The molecule has 0 fully saturated rings. The molecule has 1 aromatic heterocycles. The lowest BCUT2D eigenvalue weighted by Crippen LogP contribution is -2.12. The van der Waals surface area contributed by atoms with Crippen molar-refractivity contribution in [2.24, 2.45) is 0 Å². The van der Waals surface area contributed by atoms with Crippen LogP contribution in [0.5, 0.6) is 5.75 Å². The van der Waals surface area contributed by atoms with Crippen molar-refractivity contribution in [1.29, 1.82) is 0 Å². The summed E-state index contributed by atoms with van der Waals surface area (Å²) in [5, 5.41) is 3.51. The van der Waals surface area contributed by atoms with Gasteiger partial charge in [-0.3, -0.25) is 4.79 Å². The van der Waals surface area contributed by atoms with Crippen LogP contribution in [0, 0.1) is 20.8 Å². The van der Waals surface area contributed by atoms with E-state index in [1.54, 1.807) is 24.3 Å². The molecule has 0 bridgehead atoms. The molecule has 5 nitrogen and oxygen atoms in total. The maximum Gasteiger partial charge on any atom is 0.255 e. The molecule has 32 heavy (non-hydrogen) atoms. The zero-order chi connectivity index (χ0) is 22.7. The lowest BCUT2D eigenvalue weighted by atomic mass is 10.1. The number of halogens is 1. The number of hydrogen-bond acceptors (Lipinski definition) is 4. The molecule has 4 rings (SSSR count). The van der Waals surface area contributed by atoms with Gasteiger partial charge in [-0.25, -0.2) is 4.98 Å². The van der Waals surface area contributed by atoms with Gasteiger partial charge in [0, 0.05) is 21.8 Å². The summed E-state index contributed by atoms with van der Waals surface area (Å²) in [6.45, 7) is 6.08. The highest BCUT2D eigenvalue weighted by Crippen LogP contribution is 2.25. The van der Waals surface area contributed by atoms with Crippen molar-refractivity contribution in [2.45, 2.75) is 27.4 Å². The lowest BCUT2D eigenvalue weighted by Gasteiger charge is -2.09. The summed E-state index contributed by atoms with van der Waals surface area (Å²) in [6, 6.07) is 20.4. The van der Waals surface area contributed by atoms with Gasteiger partial charge in [0.25, 0.3) is 5.91 Å². The number of oxazole rings is 1. The van der Waals surface area contributed by atoms with E-state index in [4.69, 9.17) is 20.8 Å². The van der Waals surface area contributed by atoms with Crippen LogP contribution in [0.1, 0.15) is 32.9 Å². The molecule has 0 aliphatic carbocycles. The molecule has 1 N–H and O–H groups in total. The molecule has 4 aromatic rings. The maximum atomic E-state index is 12.6. The Morgan fingerprint density at radius 2 is 1.72 bits per heavy atom. The van der Waals surface area contributed by atoms with Crippen LogP contribution in [-0.2, 0) is 6.61 Å². The van der Waals surface area contributed by atoms with Gasteiger partial charge in [0.05, 0.1) is 0 Å². The monoisotopic (exact) mass is 446 g/mol. The molecule has 0 saturated carbocycles. The van der Waals surface area contributed by atoms with Crippen LogP contribution in [0.4, 0.5) is 5.69 Å². The summed E-state index contributed by atoms with van der Waals surface area (Å²) >= 11 is 6.13. The normalized spacial score (nSPS) is 10.8. The Balaban J connectivity index is 1.44. The summed E-state index contributed by atoms with van der Waals surface area (Å²) in [6.07, 6.45) is 0. The van der Waals surface area contributed by atoms with Crippen molar-refractivity contribution in [3.05, 3.63) is 99.9 Å². The Bertz CT molecular complexity index is 1250. The molecule has 0 aliphatic rings. The van der Waals surface area contributed by atoms with Crippen LogP contribution in [0.15, 0.2) is 71.1 Å². The second kappa shape index (κ2) is 9.28. The molecule has 0 radical (unpaired) electrons. The van der Waals surface area contributed by atoms with Gasteiger partial charge in [0.1, 0.15) is 23.8 Å². The number of carbonyl (C=O) groups excluding carboxylic acids is 1. The SMILES string of the molecule is Cc1ccc(OCc2nc(-c3ccc(C(=O)Nc4cccc(Cl)c4C)cc3)oc2C)cc1. The van der Waals surface area contributed by atoms with Crippen molar-refractivity contribution < 1.29 is 13.9 Å². The summed E-state index contributed by atoms with van der Waals surface area (Å²) in [5.41, 5.74) is 4.74. The van der Waals surface area contributed by atoms with E-state index in [-0.39, 0.29) is 5.91 Å². The summed E-state index contributed by atoms with van der Waals surface area (Å²) in [7, 11) is 0. The molecule has 3 aromatic carbocycles. The Labute approximate surface area is 192 Å². The topological polar surface area (TPSA) is 64.4 Å². The van der Waals surface area contributed by atoms with E-state index < -0.39 is 0 Å². The van der Waals surface area contributed by atoms with Crippen molar-refractivity contribution in [2.75, 3.05) is 5.32 Å². The highest BCUT2D eigenvalue weighted by molar-refractivity contribution is 6.31. The molecule has 6 heteroatoms. The first-order valence-corrected chi connectivity index (χ1v) is 10.6. The van der Waals surface area contributed by atoms with Gasteiger partial charge < -0.3 is 14.5 Å². The number of rotatable bonds is 6. The molecule has 0 saturated heterocycles. The average molecular weight is 447 g/mol. The Kier molecular flexibility index (Phi) is 6.28. The fraction of sp³-hybridized carbons (Fsp3) is 0.154. The van der Waals surface area contributed by atoms with Gasteiger partial charge in [-0.05, 0) is 74.9 Å². The van der Waals surface area contributed by atoms with E-state index >= 15 is 0 Å². The summed E-state index contributed by atoms with van der Waals surface area (Å²) in [5.74, 6) is 1.76. The smallest absolute Gasteiger partial charge is 0.255 e. The Morgan fingerprint density at radius 1 is 1.00 bits per heavy atom. The highest BCUT2D eigenvalue weighted by atomic mass is 35.5. The Hall–Kier alpha value is -3.57. The number of amides is 1. The van der Waals surface area contributed by atoms with Gasteiger partial charge in [0.2, 0.25) is 5.89 Å². The average Bonchev–Trinajstić information content (AvgIpc) is 3.17. The third kappa shape index (κ3) is 4.84. The van der Waals surface area contributed by atoms with Crippen LogP contribution in [0.3, 0.4) is 0 Å². The molecular formula is C26H23ClN2O3. The number of benzene rings is 3. The van der Waals surface area contributed by atoms with Crippen molar-refractivity contribution in [3.8, 4) is 17.2 Å². The van der Waals surface area contributed by atoms with Gasteiger partial charge >= 0.3 is 0 Å². The molecule has 1 heterocycles. The number of carbonyl (C=O) groups is 1. The first-order chi connectivity index (χ1) is 15.4. The summed E-state index contributed by atoms with van der Waals surface area (Å²) in [4.78, 5) is 17.2. The lowest BCUT2D eigenvalue weighted by molar-refractivity contribution is 0.102. The van der Waals surface area contributed by atoms with Crippen LogP contribution < -0.4 is 10.1 Å². The van der Waals surface area contributed by atoms with Crippen LogP contribution in [-0.4, -0.2) is 10.9 Å². The zero-order valence-corrected chi connectivity index (χ0v) is 18.9. The van der Waals surface area contributed by atoms with E-state index in [0.717, 1.165) is 22.6 Å². The number of anilines is 1. The van der Waals surface area contributed by atoms with Crippen molar-refractivity contribution in [3.63, 3.8) is 0 Å². The molecule has 0 atom stereocenters. The molecule has 162 valence electrons. The van der Waals surface area contributed by atoms with Crippen molar-refractivity contribution >= 4 is 23.2 Å². The predicted molar refractivity (Wildman–Crippen MR) is 126 cm³/mol. The molecule has 1 amide bonds. The van der Waals surface area contributed by atoms with Gasteiger partial charge in [-0.2, -0.15) is 0 Å². The minimum atomic E-state index is -0.210. The van der Waals surface area contributed by atoms with Crippen molar-refractivity contribution in [1.82, 2.24) is 4.98 Å². The van der Waals surface area contributed by atoms with Crippen LogP contribution in [0.2, 0.25) is 5.02 Å². The zero-order valence-electron chi connectivity index (χ0n) is 18.1. The molecular weight excluding hydrogens is 424 g/mol. The van der Waals surface area contributed by atoms with Gasteiger partial charge in [-0.1, -0.05) is 35.4 Å². The van der Waals surface area contributed by atoms with E-state index in [0.29, 0.717) is 34.5 Å². The minimum absolute atomic E-state index is 0.210. The fourth-order valence-corrected chi connectivity index (χ4v) is 3.35. The second-order valence-corrected chi connectivity index (χ2v) is 7.97. The Morgan fingerprint density at radius 3 is 2.44 bits per heavy atom. The van der Waals surface area contributed by atoms with Gasteiger partial charge in [-0.15, -0.1) is 0 Å². The first-order valence-electron chi connectivity index (χ1n) is 10.2. The fourth-order valence-electron chi connectivity index (χ4n) is 3.17. The quantitative estimate of drug-likeness (QED) is 0.355. The van der Waals surface area contributed by atoms with Crippen LogP contribution >= 0.6 is 11.6 Å². The number of hydrogen-bond donors (Lipinski definition) is 1. The predicted octanol–water partition coefficient (Wildman–Crippen LogP) is 6.75. The maximum absolute atomic E-state index is 12.6. The van der Waals surface area contributed by atoms with Crippen LogP contribution in [0.25, 0.3) is 11.5 Å². The number of ether oxygens (including phenoxy) is 1. The van der Waals surface area contributed by atoms with E-state index in [1.807, 2.05) is 63.2 Å². The third-order valence-corrected chi connectivity index (χ3v) is 5.61. The molecule has 0 spiro atoms. The largest absolute Gasteiger partial charge is 0.487 e. The van der Waals surface area contributed by atoms with E-state index in [9.17, 15) is 4.79 Å². The molecule has 0 aliphatic heterocycles. The molecule has 0 unspecified atom stereocenters. The highest BCUT2D eigenvalue weighted by Gasteiger charge is 2.14. The number of nitrogens with one attached hydrogen (secondary N) is 1. The van der Waals surface area contributed by atoms with E-state index in [2.05, 4.69) is 10.3 Å². The number of aromatic nitrogens is 1.